The van der Waals surface area contributed by atoms with Gasteiger partial charge < -0.3 is 4.74 Å². The maximum absolute atomic E-state index is 5.65. The van der Waals surface area contributed by atoms with Gasteiger partial charge in [0.15, 0.2) is 5.90 Å². The Hall–Kier alpha value is -0.790. The van der Waals surface area contributed by atoms with E-state index in [1.165, 1.54) is 0 Å². The zero-order chi connectivity index (χ0) is 9.57. The summed E-state index contributed by atoms with van der Waals surface area (Å²) >= 11 is 0. The Morgan fingerprint density at radius 2 is 1.75 bits per heavy atom. The van der Waals surface area contributed by atoms with E-state index in [4.69, 9.17) is 4.74 Å². The first-order chi connectivity index (χ1) is 5.27. The monoisotopic (exact) mass is 167 g/mol. The summed E-state index contributed by atoms with van der Waals surface area (Å²) in [5, 5.41) is 0. The fourth-order valence-electron chi connectivity index (χ4n) is 1.20. The molecule has 0 amide bonds. The van der Waals surface area contributed by atoms with Crippen LogP contribution in [-0.2, 0) is 4.74 Å². The Kier molecular flexibility index (Phi) is 1.82. The first kappa shape index (κ1) is 9.30. The van der Waals surface area contributed by atoms with Crippen molar-refractivity contribution in [3.05, 3.63) is 12.3 Å². The minimum absolute atomic E-state index is 0.0908. The highest BCUT2D eigenvalue weighted by Crippen LogP contribution is 2.43. The highest BCUT2D eigenvalue weighted by atomic mass is 16.5. The zero-order valence-corrected chi connectivity index (χ0v) is 8.56. The summed E-state index contributed by atoms with van der Waals surface area (Å²) < 4.78 is 5.65. The lowest BCUT2D eigenvalue weighted by Crippen LogP contribution is -2.46. The Morgan fingerprint density at radius 1 is 1.25 bits per heavy atom. The number of hydrogen-bond acceptors (Lipinski definition) is 2. The second-order valence-electron chi connectivity index (χ2n) is 4.31. The van der Waals surface area contributed by atoms with Gasteiger partial charge in [-0.2, -0.15) is 0 Å². The summed E-state index contributed by atoms with van der Waals surface area (Å²) in [4.78, 5) is 4.23. The van der Waals surface area contributed by atoms with Gasteiger partial charge in [0.05, 0.1) is 0 Å². The molecule has 0 bridgehead atoms. The van der Waals surface area contributed by atoms with Crippen molar-refractivity contribution in [3.63, 3.8) is 0 Å². The van der Waals surface area contributed by atoms with Crippen molar-refractivity contribution in [2.24, 2.45) is 10.4 Å². The summed E-state index contributed by atoms with van der Waals surface area (Å²) in [6, 6.07) is 0. The smallest absolute Gasteiger partial charge is 0.185 e. The van der Waals surface area contributed by atoms with Crippen LogP contribution in [0.25, 0.3) is 0 Å². The lowest BCUT2D eigenvalue weighted by atomic mass is 9.74. The molecule has 0 saturated carbocycles. The van der Waals surface area contributed by atoms with E-state index in [0.717, 1.165) is 5.70 Å². The van der Waals surface area contributed by atoms with Gasteiger partial charge in [-0.1, -0.05) is 20.4 Å². The molecule has 0 spiro atoms. The molecule has 1 aliphatic heterocycles. The Bertz CT molecular complexity index is 249. The van der Waals surface area contributed by atoms with Crippen LogP contribution in [0.5, 0.6) is 0 Å². The Balaban J connectivity index is 3.12. The van der Waals surface area contributed by atoms with E-state index in [0.29, 0.717) is 5.90 Å². The molecule has 12 heavy (non-hydrogen) atoms. The predicted molar refractivity (Wildman–Crippen MR) is 51.2 cm³/mol. The van der Waals surface area contributed by atoms with Gasteiger partial charge in [0.2, 0.25) is 0 Å². The van der Waals surface area contributed by atoms with Crippen molar-refractivity contribution in [2.45, 2.75) is 40.2 Å². The van der Waals surface area contributed by atoms with Gasteiger partial charge in [-0.25, -0.2) is 4.99 Å². The zero-order valence-electron chi connectivity index (χ0n) is 8.56. The third-order valence-corrected chi connectivity index (χ3v) is 2.92. The lowest BCUT2D eigenvalue weighted by Gasteiger charge is -2.44. The van der Waals surface area contributed by atoms with Gasteiger partial charge in [-0.15, -0.1) is 0 Å². The third-order valence-electron chi connectivity index (χ3n) is 2.92. The number of rotatable bonds is 0. The van der Waals surface area contributed by atoms with Crippen LogP contribution < -0.4 is 0 Å². The predicted octanol–water partition coefficient (Wildman–Crippen LogP) is 2.75. The van der Waals surface area contributed by atoms with Crippen LogP contribution >= 0.6 is 0 Å². The average Bonchev–Trinajstić information content (AvgIpc) is 1.82. The third kappa shape index (κ3) is 1.15. The summed E-state index contributed by atoms with van der Waals surface area (Å²) in [6.07, 6.45) is 0. The van der Waals surface area contributed by atoms with Crippen molar-refractivity contribution < 1.29 is 4.74 Å². The molecule has 0 unspecified atom stereocenters. The molecule has 0 aromatic heterocycles. The van der Waals surface area contributed by atoms with Crippen LogP contribution in [0.2, 0.25) is 0 Å². The van der Waals surface area contributed by atoms with Crippen LogP contribution in [-0.4, -0.2) is 11.5 Å². The molecule has 1 rings (SSSR count). The molecule has 0 aromatic carbocycles. The standard InChI is InChI=1S/C10H17NO/c1-7-9(3,4)10(5,6)12-8(2)11-7/h1H2,2-6H3. The first-order valence-corrected chi connectivity index (χ1v) is 4.21. The summed E-state index contributed by atoms with van der Waals surface area (Å²) in [7, 11) is 0. The quantitative estimate of drug-likeness (QED) is 0.543. The van der Waals surface area contributed by atoms with E-state index in [1.54, 1.807) is 0 Å². The molecular weight excluding hydrogens is 150 g/mol. The second kappa shape index (κ2) is 2.35. The minimum Gasteiger partial charge on any atom is -0.474 e. The van der Waals surface area contributed by atoms with Crippen molar-refractivity contribution in [3.8, 4) is 0 Å². The van der Waals surface area contributed by atoms with E-state index >= 15 is 0 Å². The number of aliphatic imine (C=N–C) groups is 1. The molecule has 68 valence electrons. The fourth-order valence-corrected chi connectivity index (χ4v) is 1.20. The summed E-state index contributed by atoms with van der Waals surface area (Å²) in [5.74, 6) is 0.712. The highest BCUT2D eigenvalue weighted by molar-refractivity contribution is 5.76. The van der Waals surface area contributed by atoms with Crippen LogP contribution in [0, 0.1) is 5.41 Å². The molecule has 0 fully saturated rings. The van der Waals surface area contributed by atoms with E-state index in [-0.39, 0.29) is 11.0 Å². The number of hydrogen-bond donors (Lipinski definition) is 0. The molecule has 0 saturated heterocycles. The van der Waals surface area contributed by atoms with E-state index in [9.17, 15) is 0 Å². The first-order valence-electron chi connectivity index (χ1n) is 4.21. The lowest BCUT2D eigenvalue weighted by molar-refractivity contribution is -0.0121. The Morgan fingerprint density at radius 3 is 2.17 bits per heavy atom. The molecule has 0 aliphatic carbocycles. The maximum atomic E-state index is 5.65. The van der Waals surface area contributed by atoms with Crippen molar-refractivity contribution in [1.29, 1.82) is 0 Å². The minimum atomic E-state index is -0.212. The van der Waals surface area contributed by atoms with Gasteiger partial charge in [0.25, 0.3) is 0 Å². The summed E-state index contributed by atoms with van der Waals surface area (Å²) in [5.41, 5.74) is 0.596. The highest BCUT2D eigenvalue weighted by Gasteiger charge is 2.44. The van der Waals surface area contributed by atoms with Crippen molar-refractivity contribution in [1.82, 2.24) is 0 Å². The van der Waals surface area contributed by atoms with Crippen LogP contribution in [0.4, 0.5) is 0 Å². The molecule has 0 radical (unpaired) electrons. The molecule has 0 aromatic rings. The molecule has 2 nitrogen and oxygen atoms in total. The number of ether oxygens (including phenoxy) is 1. The molecule has 1 aliphatic rings. The van der Waals surface area contributed by atoms with Gasteiger partial charge in [0, 0.05) is 18.0 Å². The van der Waals surface area contributed by atoms with Gasteiger partial charge in [-0.05, 0) is 13.8 Å². The molecular formula is C10H17NO. The molecule has 0 atom stereocenters. The van der Waals surface area contributed by atoms with Crippen molar-refractivity contribution in [2.75, 3.05) is 0 Å². The maximum Gasteiger partial charge on any atom is 0.185 e. The number of nitrogens with zero attached hydrogens (tertiary/aromatic N) is 1. The summed E-state index contributed by atoms with van der Waals surface area (Å²) in [6.45, 7) is 14.1. The van der Waals surface area contributed by atoms with Crippen molar-refractivity contribution >= 4 is 5.90 Å². The second-order valence-corrected chi connectivity index (χ2v) is 4.31. The van der Waals surface area contributed by atoms with E-state index in [1.807, 2.05) is 6.92 Å². The molecule has 2 heteroatoms. The molecule has 0 N–H and O–H groups in total. The van der Waals surface area contributed by atoms with E-state index in [2.05, 4.69) is 39.3 Å². The van der Waals surface area contributed by atoms with Gasteiger partial charge >= 0.3 is 0 Å². The SMILES string of the molecule is C=C1N=C(C)OC(C)(C)C1(C)C. The van der Waals surface area contributed by atoms with Crippen LogP contribution in [0.15, 0.2) is 17.3 Å². The normalized spacial score (nSPS) is 26.1. The van der Waals surface area contributed by atoms with Gasteiger partial charge in [0.1, 0.15) is 5.60 Å². The molecule has 1 heterocycles. The average molecular weight is 167 g/mol. The largest absolute Gasteiger partial charge is 0.474 e. The Labute approximate surface area is 74.3 Å². The van der Waals surface area contributed by atoms with Gasteiger partial charge in [-0.3, -0.25) is 0 Å². The van der Waals surface area contributed by atoms with Crippen LogP contribution in [0.3, 0.4) is 0 Å². The van der Waals surface area contributed by atoms with Crippen LogP contribution in [0.1, 0.15) is 34.6 Å². The van der Waals surface area contributed by atoms with E-state index < -0.39 is 0 Å². The topological polar surface area (TPSA) is 21.6 Å². The fraction of sp³-hybridized carbons (Fsp3) is 0.700.